The van der Waals surface area contributed by atoms with Crippen LogP contribution >= 0.6 is 15.9 Å². The van der Waals surface area contributed by atoms with Crippen LogP contribution in [0.15, 0.2) is 22.7 Å². The highest BCUT2D eigenvalue weighted by molar-refractivity contribution is 9.10. The summed E-state index contributed by atoms with van der Waals surface area (Å²) in [7, 11) is 0. The second kappa shape index (κ2) is 6.54. The molecule has 0 saturated carbocycles. The van der Waals surface area contributed by atoms with Gasteiger partial charge in [-0.25, -0.2) is 9.18 Å². The van der Waals surface area contributed by atoms with Gasteiger partial charge in [0.15, 0.2) is 0 Å². The first-order valence-electron chi connectivity index (χ1n) is 6.62. The van der Waals surface area contributed by atoms with Gasteiger partial charge in [0, 0.05) is 17.6 Å². The molecule has 2 atom stereocenters. The number of urea groups is 1. The van der Waals surface area contributed by atoms with Crippen LogP contribution < -0.4 is 5.32 Å². The standard InChI is InChI=1S/C14H18BrFN2O2/c1-9-4-5-18(13(9)8-19)14(20)17-7-10-6-11(16)2-3-12(10)15/h2-3,6,9,13,19H,4-5,7-8H2,1H3,(H,17,20)/t9-,13+/m0/s1. The van der Waals surface area contributed by atoms with E-state index >= 15 is 0 Å². The van der Waals surface area contributed by atoms with Gasteiger partial charge in [-0.1, -0.05) is 22.9 Å². The zero-order chi connectivity index (χ0) is 14.7. The summed E-state index contributed by atoms with van der Waals surface area (Å²) >= 11 is 3.33. The summed E-state index contributed by atoms with van der Waals surface area (Å²) < 4.78 is 13.9. The molecule has 1 aromatic rings. The van der Waals surface area contributed by atoms with Crippen molar-refractivity contribution >= 4 is 22.0 Å². The van der Waals surface area contributed by atoms with Crippen LogP contribution in [0.3, 0.4) is 0 Å². The topological polar surface area (TPSA) is 52.6 Å². The molecule has 2 N–H and O–H groups in total. The van der Waals surface area contributed by atoms with Crippen LogP contribution in [0.2, 0.25) is 0 Å². The Labute approximate surface area is 126 Å². The van der Waals surface area contributed by atoms with Crippen LogP contribution in [0, 0.1) is 11.7 Å². The number of likely N-dealkylation sites (tertiary alicyclic amines) is 1. The molecule has 6 heteroatoms. The average molecular weight is 345 g/mol. The summed E-state index contributed by atoms with van der Waals surface area (Å²) in [4.78, 5) is 13.8. The van der Waals surface area contributed by atoms with Gasteiger partial charge in [0.05, 0.1) is 12.6 Å². The summed E-state index contributed by atoms with van der Waals surface area (Å²) in [6, 6.07) is 4.01. The molecule has 110 valence electrons. The van der Waals surface area contributed by atoms with E-state index in [9.17, 15) is 14.3 Å². The Morgan fingerprint density at radius 1 is 1.60 bits per heavy atom. The molecule has 1 aromatic carbocycles. The van der Waals surface area contributed by atoms with Gasteiger partial charge in [0.1, 0.15) is 5.82 Å². The normalized spacial score (nSPS) is 22.1. The second-order valence-corrected chi connectivity index (χ2v) is 5.96. The summed E-state index contributed by atoms with van der Waals surface area (Å²) in [5.41, 5.74) is 0.686. The summed E-state index contributed by atoms with van der Waals surface area (Å²) in [6.07, 6.45) is 0.891. The van der Waals surface area contributed by atoms with E-state index < -0.39 is 0 Å². The SMILES string of the molecule is C[C@H]1CCN(C(=O)NCc2cc(F)ccc2Br)[C@@H]1CO. The van der Waals surface area contributed by atoms with Crippen molar-refractivity contribution in [2.24, 2.45) is 5.92 Å². The minimum atomic E-state index is -0.333. The Morgan fingerprint density at radius 2 is 2.35 bits per heavy atom. The number of hydrogen-bond donors (Lipinski definition) is 2. The molecular formula is C14H18BrFN2O2. The lowest BCUT2D eigenvalue weighted by Crippen LogP contribution is -2.45. The van der Waals surface area contributed by atoms with E-state index in [4.69, 9.17) is 0 Å². The number of amides is 2. The van der Waals surface area contributed by atoms with Gasteiger partial charge in [-0.3, -0.25) is 0 Å². The molecule has 0 bridgehead atoms. The molecule has 0 aliphatic carbocycles. The van der Waals surface area contributed by atoms with Gasteiger partial charge in [0.25, 0.3) is 0 Å². The van der Waals surface area contributed by atoms with Gasteiger partial charge in [-0.15, -0.1) is 0 Å². The third kappa shape index (κ3) is 3.30. The van der Waals surface area contributed by atoms with Crippen molar-refractivity contribution in [3.05, 3.63) is 34.1 Å². The van der Waals surface area contributed by atoms with Crippen LogP contribution in [-0.2, 0) is 6.54 Å². The van der Waals surface area contributed by atoms with Crippen molar-refractivity contribution in [1.29, 1.82) is 0 Å². The summed E-state index contributed by atoms with van der Waals surface area (Å²) in [5.74, 6) is -0.0351. The summed E-state index contributed by atoms with van der Waals surface area (Å²) in [6.45, 7) is 2.89. The zero-order valence-electron chi connectivity index (χ0n) is 11.3. The van der Waals surface area contributed by atoms with Crippen LogP contribution in [0.25, 0.3) is 0 Å². The Balaban J connectivity index is 1.97. The molecule has 20 heavy (non-hydrogen) atoms. The van der Waals surface area contributed by atoms with Crippen molar-refractivity contribution < 1.29 is 14.3 Å². The number of carbonyl (C=O) groups excluding carboxylic acids is 1. The minimum Gasteiger partial charge on any atom is -0.394 e. The Kier molecular flexibility index (Phi) is 4.99. The van der Waals surface area contributed by atoms with Crippen molar-refractivity contribution in [2.75, 3.05) is 13.2 Å². The van der Waals surface area contributed by atoms with E-state index in [1.54, 1.807) is 11.0 Å². The predicted octanol–water partition coefficient (Wildman–Crippen LogP) is 2.50. The molecule has 0 unspecified atom stereocenters. The average Bonchev–Trinajstić information content (AvgIpc) is 2.80. The molecule has 1 saturated heterocycles. The number of rotatable bonds is 3. The minimum absolute atomic E-state index is 0.0295. The van der Waals surface area contributed by atoms with E-state index in [1.807, 2.05) is 6.92 Å². The molecule has 0 aromatic heterocycles. The number of benzene rings is 1. The maximum absolute atomic E-state index is 13.2. The molecule has 0 spiro atoms. The number of aliphatic hydroxyl groups excluding tert-OH is 1. The Morgan fingerprint density at radius 3 is 3.05 bits per heavy atom. The fraction of sp³-hybridized carbons (Fsp3) is 0.500. The molecule has 0 radical (unpaired) electrons. The molecule has 4 nitrogen and oxygen atoms in total. The van der Waals surface area contributed by atoms with Crippen LogP contribution in [-0.4, -0.2) is 35.2 Å². The third-order valence-electron chi connectivity index (χ3n) is 3.77. The number of carbonyl (C=O) groups is 1. The summed E-state index contributed by atoms with van der Waals surface area (Å²) in [5, 5.41) is 12.1. The molecular weight excluding hydrogens is 327 g/mol. The fourth-order valence-corrected chi connectivity index (χ4v) is 2.88. The number of nitrogens with one attached hydrogen (secondary N) is 1. The van der Waals surface area contributed by atoms with Crippen LogP contribution in [0.1, 0.15) is 18.9 Å². The number of aliphatic hydroxyl groups is 1. The molecule has 1 aliphatic heterocycles. The molecule has 1 fully saturated rings. The van der Waals surface area contributed by atoms with Gasteiger partial charge >= 0.3 is 6.03 Å². The fourth-order valence-electron chi connectivity index (χ4n) is 2.49. The molecule has 1 heterocycles. The lowest BCUT2D eigenvalue weighted by atomic mass is 10.0. The third-order valence-corrected chi connectivity index (χ3v) is 4.54. The van der Waals surface area contributed by atoms with Crippen LogP contribution in [0.5, 0.6) is 0 Å². The number of nitrogens with zero attached hydrogens (tertiary/aromatic N) is 1. The van der Waals surface area contributed by atoms with Gasteiger partial charge in [-0.2, -0.15) is 0 Å². The molecule has 2 amide bonds. The van der Waals surface area contributed by atoms with E-state index in [-0.39, 0.29) is 31.0 Å². The van der Waals surface area contributed by atoms with Crippen molar-refractivity contribution in [1.82, 2.24) is 10.2 Å². The van der Waals surface area contributed by atoms with E-state index in [0.717, 1.165) is 10.9 Å². The number of hydrogen-bond acceptors (Lipinski definition) is 2. The van der Waals surface area contributed by atoms with Crippen molar-refractivity contribution in [3.8, 4) is 0 Å². The largest absolute Gasteiger partial charge is 0.394 e. The Bertz CT molecular complexity index is 498. The zero-order valence-corrected chi connectivity index (χ0v) is 12.9. The maximum atomic E-state index is 13.2. The van der Waals surface area contributed by atoms with Crippen LogP contribution in [0.4, 0.5) is 9.18 Å². The van der Waals surface area contributed by atoms with Crippen molar-refractivity contribution in [2.45, 2.75) is 25.9 Å². The van der Waals surface area contributed by atoms with Gasteiger partial charge < -0.3 is 15.3 Å². The van der Waals surface area contributed by atoms with E-state index in [0.29, 0.717) is 18.0 Å². The maximum Gasteiger partial charge on any atom is 0.318 e. The number of halogens is 2. The lowest BCUT2D eigenvalue weighted by molar-refractivity contribution is 0.143. The van der Waals surface area contributed by atoms with E-state index in [2.05, 4.69) is 21.2 Å². The quantitative estimate of drug-likeness (QED) is 0.885. The molecule has 2 rings (SSSR count). The first-order chi connectivity index (χ1) is 9.52. The smallest absolute Gasteiger partial charge is 0.318 e. The highest BCUT2D eigenvalue weighted by Gasteiger charge is 2.33. The van der Waals surface area contributed by atoms with E-state index in [1.165, 1.54) is 12.1 Å². The second-order valence-electron chi connectivity index (χ2n) is 5.10. The first kappa shape index (κ1) is 15.3. The van der Waals surface area contributed by atoms with Gasteiger partial charge in [0.2, 0.25) is 0 Å². The lowest BCUT2D eigenvalue weighted by Gasteiger charge is -2.25. The first-order valence-corrected chi connectivity index (χ1v) is 7.41. The predicted molar refractivity (Wildman–Crippen MR) is 77.7 cm³/mol. The van der Waals surface area contributed by atoms with Gasteiger partial charge in [-0.05, 0) is 36.1 Å². The van der Waals surface area contributed by atoms with Crippen molar-refractivity contribution in [3.63, 3.8) is 0 Å². The monoisotopic (exact) mass is 344 g/mol. The highest BCUT2D eigenvalue weighted by Crippen LogP contribution is 2.23. The highest BCUT2D eigenvalue weighted by atomic mass is 79.9. The Hall–Kier alpha value is -1.14. The molecule has 1 aliphatic rings.